The predicted octanol–water partition coefficient (Wildman–Crippen LogP) is 4.68. The molecule has 1 amide bonds. The van der Waals surface area contributed by atoms with Crippen LogP contribution in [0.1, 0.15) is 20.3 Å². The van der Waals surface area contributed by atoms with Crippen LogP contribution in [0.4, 0.5) is 11.4 Å². The number of anilines is 2. The van der Waals surface area contributed by atoms with Crippen molar-refractivity contribution in [2.75, 3.05) is 17.2 Å². The summed E-state index contributed by atoms with van der Waals surface area (Å²) >= 11 is 3.38. The zero-order chi connectivity index (χ0) is 16.7. The van der Waals surface area contributed by atoms with Gasteiger partial charge in [0, 0.05) is 15.8 Å². The third-order valence-electron chi connectivity index (χ3n) is 3.33. The first-order chi connectivity index (χ1) is 11.1. The number of benzene rings is 2. The summed E-state index contributed by atoms with van der Waals surface area (Å²) in [6.45, 7) is 4.33. The van der Waals surface area contributed by atoms with E-state index in [4.69, 9.17) is 4.74 Å². The van der Waals surface area contributed by atoms with Gasteiger partial charge in [0.15, 0.2) is 0 Å². The van der Waals surface area contributed by atoms with Crippen molar-refractivity contribution in [2.24, 2.45) is 0 Å². The van der Waals surface area contributed by atoms with E-state index < -0.39 is 0 Å². The number of halogens is 1. The number of hydrogen-bond donors (Lipinski definition) is 2. The molecule has 4 nitrogen and oxygen atoms in total. The van der Waals surface area contributed by atoms with Crippen LogP contribution in [0.15, 0.2) is 53.0 Å². The van der Waals surface area contributed by atoms with E-state index in [1.54, 1.807) is 0 Å². The van der Waals surface area contributed by atoms with Crippen LogP contribution in [0, 0.1) is 0 Å². The molecule has 0 aliphatic rings. The van der Waals surface area contributed by atoms with Gasteiger partial charge in [0.05, 0.1) is 12.6 Å². The molecule has 2 N–H and O–H groups in total. The Kier molecular flexibility index (Phi) is 6.47. The monoisotopic (exact) mass is 376 g/mol. The van der Waals surface area contributed by atoms with Gasteiger partial charge in [-0.2, -0.15) is 0 Å². The molecule has 2 aromatic carbocycles. The Balaban J connectivity index is 1.82. The van der Waals surface area contributed by atoms with E-state index in [1.165, 1.54) is 0 Å². The first-order valence-corrected chi connectivity index (χ1v) is 8.42. The number of carbonyl (C=O) groups is 1. The van der Waals surface area contributed by atoms with E-state index in [9.17, 15) is 4.79 Å². The molecule has 0 saturated carbocycles. The normalized spacial score (nSPS) is 11.6. The summed E-state index contributed by atoms with van der Waals surface area (Å²) in [4.78, 5) is 11.9. The maximum atomic E-state index is 11.9. The molecule has 5 heteroatoms. The molecule has 1 atom stereocenters. The fourth-order valence-electron chi connectivity index (χ4n) is 1.92. The van der Waals surface area contributed by atoms with E-state index in [2.05, 4.69) is 33.5 Å². The van der Waals surface area contributed by atoms with Crippen molar-refractivity contribution in [3.63, 3.8) is 0 Å². The third-order valence-corrected chi connectivity index (χ3v) is 3.82. The highest BCUT2D eigenvalue weighted by atomic mass is 79.9. The largest absolute Gasteiger partial charge is 0.491 e. The summed E-state index contributed by atoms with van der Waals surface area (Å²) in [5, 5.41) is 5.94. The van der Waals surface area contributed by atoms with Crippen molar-refractivity contribution in [1.29, 1.82) is 0 Å². The van der Waals surface area contributed by atoms with Gasteiger partial charge >= 0.3 is 0 Å². The average molecular weight is 377 g/mol. The molecule has 0 heterocycles. The average Bonchev–Trinajstić information content (AvgIpc) is 2.54. The van der Waals surface area contributed by atoms with Crippen LogP contribution in [-0.2, 0) is 4.79 Å². The van der Waals surface area contributed by atoms with Crippen molar-refractivity contribution in [3.8, 4) is 5.75 Å². The molecule has 2 aromatic rings. The highest BCUT2D eigenvalue weighted by Gasteiger charge is 2.04. The van der Waals surface area contributed by atoms with Crippen molar-refractivity contribution in [2.45, 2.75) is 26.4 Å². The van der Waals surface area contributed by atoms with Gasteiger partial charge in [-0.05, 0) is 55.8 Å². The summed E-state index contributed by atoms with van der Waals surface area (Å²) in [5.41, 5.74) is 1.65. The molecule has 0 spiro atoms. The van der Waals surface area contributed by atoms with Crippen LogP contribution in [-0.4, -0.2) is 18.6 Å². The van der Waals surface area contributed by atoms with Gasteiger partial charge in [-0.15, -0.1) is 0 Å². The number of hydrogen-bond acceptors (Lipinski definition) is 3. The van der Waals surface area contributed by atoms with Crippen molar-refractivity contribution >= 4 is 33.2 Å². The van der Waals surface area contributed by atoms with Gasteiger partial charge in [0.1, 0.15) is 5.75 Å². The highest BCUT2D eigenvalue weighted by Crippen LogP contribution is 2.18. The molecule has 0 radical (unpaired) electrons. The van der Waals surface area contributed by atoms with Crippen LogP contribution in [0.3, 0.4) is 0 Å². The molecule has 23 heavy (non-hydrogen) atoms. The lowest BCUT2D eigenvalue weighted by Gasteiger charge is -2.13. The topological polar surface area (TPSA) is 50.4 Å². The summed E-state index contributed by atoms with van der Waals surface area (Å²) in [6.07, 6.45) is 1.17. The van der Waals surface area contributed by atoms with E-state index >= 15 is 0 Å². The Bertz CT molecular complexity index is 644. The zero-order valence-electron chi connectivity index (χ0n) is 13.3. The number of amides is 1. The molecule has 1 unspecified atom stereocenters. The molecular formula is C18H21BrN2O2. The highest BCUT2D eigenvalue weighted by molar-refractivity contribution is 9.10. The summed E-state index contributed by atoms with van der Waals surface area (Å²) < 4.78 is 6.65. The molecule has 122 valence electrons. The molecular weight excluding hydrogens is 356 g/mol. The number of carbonyl (C=O) groups excluding carboxylic acids is 1. The Morgan fingerprint density at radius 3 is 2.57 bits per heavy atom. The predicted molar refractivity (Wildman–Crippen MR) is 98.1 cm³/mol. The number of nitrogens with one attached hydrogen (secondary N) is 2. The standard InChI is InChI=1S/C18H21BrN2O2/c1-3-13(2)23-17-9-7-15(8-10-17)20-12-18(22)21-16-6-4-5-14(19)11-16/h4-11,13,20H,3,12H2,1-2H3,(H,21,22). The van der Waals surface area contributed by atoms with Gasteiger partial charge in [-0.3, -0.25) is 4.79 Å². The molecule has 0 aliphatic heterocycles. The molecule has 0 aliphatic carbocycles. The summed E-state index contributed by atoms with van der Waals surface area (Å²) in [7, 11) is 0. The smallest absolute Gasteiger partial charge is 0.243 e. The van der Waals surface area contributed by atoms with Crippen molar-refractivity contribution < 1.29 is 9.53 Å². The Morgan fingerprint density at radius 2 is 1.91 bits per heavy atom. The molecule has 0 bridgehead atoms. The van der Waals surface area contributed by atoms with E-state index in [-0.39, 0.29) is 18.6 Å². The lowest BCUT2D eigenvalue weighted by molar-refractivity contribution is -0.114. The molecule has 2 rings (SSSR count). The van der Waals surface area contributed by atoms with Crippen molar-refractivity contribution in [1.82, 2.24) is 0 Å². The van der Waals surface area contributed by atoms with Gasteiger partial charge in [-0.1, -0.05) is 28.9 Å². The van der Waals surface area contributed by atoms with Crippen LogP contribution >= 0.6 is 15.9 Å². The van der Waals surface area contributed by atoms with Crippen LogP contribution in [0.2, 0.25) is 0 Å². The maximum Gasteiger partial charge on any atom is 0.243 e. The Morgan fingerprint density at radius 1 is 1.17 bits per heavy atom. The van der Waals surface area contributed by atoms with E-state index in [0.717, 1.165) is 28.0 Å². The third kappa shape index (κ3) is 5.94. The second kappa shape index (κ2) is 8.58. The minimum atomic E-state index is -0.0944. The minimum Gasteiger partial charge on any atom is -0.491 e. The SMILES string of the molecule is CCC(C)Oc1ccc(NCC(=O)Nc2cccc(Br)c2)cc1. The fraction of sp³-hybridized carbons (Fsp3) is 0.278. The lowest BCUT2D eigenvalue weighted by Crippen LogP contribution is -2.21. The van der Waals surface area contributed by atoms with Gasteiger partial charge < -0.3 is 15.4 Å². The summed E-state index contributed by atoms with van der Waals surface area (Å²) in [5.74, 6) is 0.742. The van der Waals surface area contributed by atoms with E-state index in [0.29, 0.717) is 0 Å². The lowest BCUT2D eigenvalue weighted by atomic mass is 10.2. The first-order valence-electron chi connectivity index (χ1n) is 7.63. The molecule has 0 saturated heterocycles. The zero-order valence-corrected chi connectivity index (χ0v) is 14.9. The number of rotatable bonds is 7. The Hall–Kier alpha value is -2.01. The molecule has 0 fully saturated rings. The van der Waals surface area contributed by atoms with Gasteiger partial charge in [0.2, 0.25) is 5.91 Å². The molecule has 0 aromatic heterocycles. The second-order valence-electron chi connectivity index (χ2n) is 5.27. The van der Waals surface area contributed by atoms with Gasteiger partial charge in [-0.25, -0.2) is 0 Å². The van der Waals surface area contributed by atoms with Crippen LogP contribution < -0.4 is 15.4 Å². The van der Waals surface area contributed by atoms with Crippen LogP contribution in [0.25, 0.3) is 0 Å². The fourth-order valence-corrected chi connectivity index (χ4v) is 2.32. The maximum absolute atomic E-state index is 11.9. The van der Waals surface area contributed by atoms with E-state index in [1.807, 2.05) is 55.5 Å². The first kappa shape index (κ1) is 17.3. The minimum absolute atomic E-state index is 0.0944. The van der Waals surface area contributed by atoms with Crippen molar-refractivity contribution in [3.05, 3.63) is 53.0 Å². The quantitative estimate of drug-likeness (QED) is 0.737. The van der Waals surface area contributed by atoms with Gasteiger partial charge in [0.25, 0.3) is 0 Å². The Labute approximate surface area is 145 Å². The summed E-state index contributed by atoms with van der Waals surface area (Å²) in [6, 6.07) is 15.1. The number of ether oxygens (including phenoxy) is 1. The second-order valence-corrected chi connectivity index (χ2v) is 6.19. The van der Waals surface area contributed by atoms with Crippen LogP contribution in [0.5, 0.6) is 5.75 Å².